The lowest BCUT2D eigenvalue weighted by Gasteiger charge is -2.15. The van der Waals surface area contributed by atoms with E-state index < -0.39 is 50.3 Å². The minimum Gasteiger partial charge on any atom is -0.282 e. The largest absolute Gasteiger partial charge is 0.416 e. The summed E-state index contributed by atoms with van der Waals surface area (Å²) in [5, 5.41) is 0. The van der Waals surface area contributed by atoms with Gasteiger partial charge in [0.2, 0.25) is 17.7 Å². The third-order valence-corrected chi connectivity index (χ3v) is 7.70. The molecule has 1 fully saturated rings. The number of imide groups is 1. The van der Waals surface area contributed by atoms with E-state index in [1.165, 1.54) is 12.1 Å². The molecule has 2 aromatic carbocycles. The Morgan fingerprint density at radius 1 is 0.923 bits per heavy atom. The van der Waals surface area contributed by atoms with E-state index in [1.807, 2.05) is 16.9 Å². The molecular formula is C25H23F3N4O6S. The van der Waals surface area contributed by atoms with Gasteiger partial charge in [0.1, 0.15) is 0 Å². The summed E-state index contributed by atoms with van der Waals surface area (Å²) in [6, 6.07) is 8.26. The Balaban J connectivity index is 1.33. The fraction of sp³-hybridized carbons (Fsp3) is 0.280. The fourth-order valence-corrected chi connectivity index (χ4v) is 5.44. The molecule has 4 amide bonds. The molecule has 0 saturated carbocycles. The first-order valence-corrected chi connectivity index (χ1v) is 13.2. The van der Waals surface area contributed by atoms with Crippen molar-refractivity contribution in [2.45, 2.75) is 30.3 Å². The standard InChI is InChI=1S/C25H23F3N4O6S/c26-25(27,28)16-6-4-7-17(14-16)31-39(37,38)18-8-3-5-15(13-18)22(34)30-29-21(33)11-12-32-23(35)19-9-1-2-10-20(19)24(32)36/h1-8,13-14,19-20,31H,9-12H2,(H,29,33)(H,30,34). The summed E-state index contributed by atoms with van der Waals surface area (Å²) >= 11 is 0. The lowest BCUT2D eigenvalue weighted by Crippen LogP contribution is -2.43. The lowest BCUT2D eigenvalue weighted by atomic mass is 9.85. The Labute approximate surface area is 221 Å². The number of amides is 4. The highest BCUT2D eigenvalue weighted by atomic mass is 32.2. The first-order valence-electron chi connectivity index (χ1n) is 11.8. The SMILES string of the molecule is O=C(CCN1C(=O)C2CC=CCC2C1=O)NNC(=O)c1cccc(S(=O)(=O)Nc2cccc(C(F)(F)F)c2)c1. The van der Waals surface area contributed by atoms with Gasteiger partial charge in [0, 0.05) is 24.2 Å². The summed E-state index contributed by atoms with van der Waals surface area (Å²) in [5.74, 6) is -3.06. The topological polar surface area (TPSA) is 142 Å². The maximum Gasteiger partial charge on any atom is 0.416 e. The molecule has 0 spiro atoms. The minimum absolute atomic E-state index is 0.151. The van der Waals surface area contributed by atoms with Gasteiger partial charge in [-0.1, -0.05) is 24.3 Å². The van der Waals surface area contributed by atoms with Crippen molar-refractivity contribution in [2.75, 3.05) is 11.3 Å². The number of sulfonamides is 1. The smallest absolute Gasteiger partial charge is 0.282 e. The Morgan fingerprint density at radius 3 is 2.21 bits per heavy atom. The average molecular weight is 565 g/mol. The number of hydrogen-bond donors (Lipinski definition) is 3. The zero-order chi connectivity index (χ0) is 28.4. The normalized spacial score (nSPS) is 19.0. The van der Waals surface area contributed by atoms with Crippen molar-refractivity contribution in [3.8, 4) is 0 Å². The molecule has 39 heavy (non-hydrogen) atoms. The van der Waals surface area contributed by atoms with E-state index in [0.717, 1.165) is 35.2 Å². The number of hydrogen-bond acceptors (Lipinski definition) is 6. The monoisotopic (exact) mass is 564 g/mol. The zero-order valence-corrected chi connectivity index (χ0v) is 21.0. The van der Waals surface area contributed by atoms with E-state index >= 15 is 0 Å². The van der Waals surface area contributed by atoms with Gasteiger partial charge < -0.3 is 0 Å². The summed E-state index contributed by atoms with van der Waals surface area (Å²) < 4.78 is 66.2. The van der Waals surface area contributed by atoms with Gasteiger partial charge in [-0.25, -0.2) is 8.42 Å². The van der Waals surface area contributed by atoms with Crippen molar-refractivity contribution < 1.29 is 40.8 Å². The van der Waals surface area contributed by atoms with Crippen molar-refractivity contribution >= 4 is 39.3 Å². The molecule has 3 N–H and O–H groups in total. The van der Waals surface area contributed by atoms with Gasteiger partial charge >= 0.3 is 6.18 Å². The van der Waals surface area contributed by atoms with E-state index in [2.05, 4.69) is 10.9 Å². The van der Waals surface area contributed by atoms with Crippen LogP contribution in [0.3, 0.4) is 0 Å². The summed E-state index contributed by atoms with van der Waals surface area (Å²) in [6.07, 6.45) is -0.296. The van der Waals surface area contributed by atoms with E-state index in [4.69, 9.17) is 0 Å². The predicted octanol–water partition coefficient (Wildman–Crippen LogP) is 2.61. The van der Waals surface area contributed by atoms with Crippen molar-refractivity contribution in [3.05, 3.63) is 71.8 Å². The number of likely N-dealkylation sites (tertiary alicyclic amines) is 1. The average Bonchev–Trinajstić information content (AvgIpc) is 3.14. The molecule has 2 atom stereocenters. The summed E-state index contributed by atoms with van der Waals surface area (Å²) in [5.41, 5.74) is 2.74. The van der Waals surface area contributed by atoms with Crippen molar-refractivity contribution in [1.82, 2.24) is 15.8 Å². The van der Waals surface area contributed by atoms with Crippen LogP contribution in [-0.2, 0) is 30.6 Å². The second-order valence-corrected chi connectivity index (χ2v) is 10.6. The number of allylic oxidation sites excluding steroid dienone is 2. The zero-order valence-electron chi connectivity index (χ0n) is 20.2. The highest BCUT2D eigenvalue weighted by molar-refractivity contribution is 7.92. The van der Waals surface area contributed by atoms with Gasteiger partial charge in [0.05, 0.1) is 22.3 Å². The molecule has 0 radical (unpaired) electrons. The number of rotatable bonds is 7. The molecule has 0 bridgehead atoms. The number of halogens is 3. The van der Waals surface area contributed by atoms with Crippen molar-refractivity contribution in [2.24, 2.45) is 11.8 Å². The Hall–Kier alpha value is -4.20. The number of carbonyl (C=O) groups is 4. The Bertz CT molecular complexity index is 1430. The summed E-state index contributed by atoms with van der Waals surface area (Å²) in [7, 11) is -4.36. The number of carbonyl (C=O) groups excluding carboxylic acids is 4. The van der Waals surface area contributed by atoms with Crippen LogP contribution < -0.4 is 15.6 Å². The maximum atomic E-state index is 12.9. The van der Waals surface area contributed by atoms with E-state index in [-0.39, 0.29) is 36.0 Å². The summed E-state index contributed by atoms with van der Waals surface area (Å²) in [4.78, 5) is 50.3. The minimum atomic E-state index is -4.67. The van der Waals surface area contributed by atoms with Gasteiger partial charge in [-0.15, -0.1) is 0 Å². The maximum absolute atomic E-state index is 12.9. The molecule has 2 aromatic rings. The van der Waals surface area contributed by atoms with Crippen LogP contribution in [0, 0.1) is 11.8 Å². The number of nitrogens with one attached hydrogen (secondary N) is 3. The predicted molar refractivity (Wildman–Crippen MR) is 131 cm³/mol. The highest BCUT2D eigenvalue weighted by Gasteiger charge is 2.46. The number of nitrogens with zero attached hydrogens (tertiary/aromatic N) is 1. The summed E-state index contributed by atoms with van der Waals surface area (Å²) in [6.45, 7) is -0.151. The van der Waals surface area contributed by atoms with Gasteiger partial charge in [0.15, 0.2) is 0 Å². The second kappa shape index (κ2) is 10.9. The van der Waals surface area contributed by atoms with Crippen LogP contribution in [-0.4, -0.2) is 43.5 Å². The molecule has 2 unspecified atom stereocenters. The molecule has 14 heteroatoms. The number of alkyl halides is 3. The third kappa shape index (κ3) is 6.28. The molecule has 206 valence electrons. The van der Waals surface area contributed by atoms with Crippen LogP contribution in [0.4, 0.5) is 18.9 Å². The van der Waals surface area contributed by atoms with E-state index in [9.17, 15) is 40.8 Å². The van der Waals surface area contributed by atoms with Crippen LogP contribution in [0.1, 0.15) is 35.2 Å². The molecule has 1 aliphatic carbocycles. The first-order chi connectivity index (χ1) is 18.4. The number of anilines is 1. The molecule has 1 aliphatic heterocycles. The number of hydrazine groups is 1. The van der Waals surface area contributed by atoms with Crippen LogP contribution in [0.5, 0.6) is 0 Å². The number of benzene rings is 2. The Morgan fingerprint density at radius 2 is 1.56 bits per heavy atom. The quantitative estimate of drug-likeness (QED) is 0.268. The molecule has 4 rings (SSSR count). The highest BCUT2D eigenvalue weighted by Crippen LogP contribution is 2.35. The van der Waals surface area contributed by atoms with Crippen LogP contribution in [0.15, 0.2) is 65.6 Å². The molecule has 2 aliphatic rings. The first kappa shape index (κ1) is 27.8. The molecule has 10 nitrogen and oxygen atoms in total. The molecular weight excluding hydrogens is 541 g/mol. The number of fused-ring (bicyclic) bond motifs is 1. The molecule has 1 heterocycles. The van der Waals surface area contributed by atoms with Crippen LogP contribution >= 0.6 is 0 Å². The molecule has 1 saturated heterocycles. The fourth-order valence-electron chi connectivity index (χ4n) is 4.34. The van der Waals surface area contributed by atoms with Crippen LogP contribution in [0.25, 0.3) is 0 Å². The Kier molecular flexibility index (Phi) is 7.77. The van der Waals surface area contributed by atoms with Crippen molar-refractivity contribution in [1.29, 1.82) is 0 Å². The van der Waals surface area contributed by atoms with Gasteiger partial charge in [-0.05, 0) is 49.2 Å². The third-order valence-electron chi connectivity index (χ3n) is 6.33. The van der Waals surface area contributed by atoms with E-state index in [1.54, 1.807) is 0 Å². The van der Waals surface area contributed by atoms with Crippen LogP contribution in [0.2, 0.25) is 0 Å². The van der Waals surface area contributed by atoms with Gasteiger partial charge in [-0.3, -0.25) is 39.7 Å². The van der Waals surface area contributed by atoms with E-state index in [0.29, 0.717) is 18.9 Å². The second-order valence-electron chi connectivity index (χ2n) is 8.95. The van der Waals surface area contributed by atoms with Gasteiger partial charge in [0.25, 0.3) is 15.9 Å². The molecule has 0 aromatic heterocycles. The van der Waals surface area contributed by atoms with Gasteiger partial charge in [-0.2, -0.15) is 13.2 Å². The lowest BCUT2D eigenvalue weighted by molar-refractivity contribution is -0.140. The van der Waals surface area contributed by atoms with Crippen molar-refractivity contribution in [3.63, 3.8) is 0 Å².